The van der Waals surface area contributed by atoms with Crippen LogP contribution < -0.4 is 10.1 Å². The number of carbonyl (C=O) groups is 2. The molecule has 0 aromatic heterocycles. The first-order chi connectivity index (χ1) is 10.0. The Kier molecular flexibility index (Phi) is 4.90. The van der Waals surface area contributed by atoms with Gasteiger partial charge in [-0.25, -0.2) is 4.79 Å². The summed E-state index contributed by atoms with van der Waals surface area (Å²) >= 11 is 6.03. The van der Waals surface area contributed by atoms with E-state index in [0.717, 1.165) is 0 Å². The van der Waals surface area contributed by atoms with Crippen molar-refractivity contribution in [2.45, 2.75) is 12.8 Å². The molecule has 0 radical (unpaired) electrons. The maximum atomic E-state index is 12.2. The zero-order valence-electron chi connectivity index (χ0n) is 11.6. The van der Waals surface area contributed by atoms with Gasteiger partial charge in [-0.15, -0.1) is 0 Å². The number of aliphatic carboxylic acids is 1. The number of anilines is 1. The van der Waals surface area contributed by atoms with E-state index < -0.39 is 11.9 Å². The molecule has 0 bridgehead atoms. The smallest absolute Gasteiger partial charge is 0.321 e. The maximum Gasteiger partial charge on any atom is 0.321 e. The molecule has 1 aromatic carbocycles. The predicted octanol–water partition coefficient (Wildman–Crippen LogP) is 2.68. The van der Waals surface area contributed by atoms with Gasteiger partial charge in [-0.2, -0.15) is 0 Å². The van der Waals surface area contributed by atoms with E-state index in [4.69, 9.17) is 21.4 Å². The van der Waals surface area contributed by atoms with Crippen LogP contribution in [0, 0.1) is 5.92 Å². The number of urea groups is 1. The lowest BCUT2D eigenvalue weighted by molar-refractivity contribution is -0.143. The van der Waals surface area contributed by atoms with Gasteiger partial charge < -0.3 is 20.1 Å². The first-order valence-corrected chi connectivity index (χ1v) is 7.01. The molecule has 6 nitrogen and oxygen atoms in total. The zero-order chi connectivity index (χ0) is 15.4. The highest BCUT2D eigenvalue weighted by Crippen LogP contribution is 2.27. The summed E-state index contributed by atoms with van der Waals surface area (Å²) in [5.74, 6) is -0.797. The molecule has 0 unspecified atom stereocenters. The standard InChI is InChI=1S/C14H17ClN2O4/c1-21-10-4-5-11(15)12(7-10)16-14(20)17-6-2-3-9(8-17)13(18)19/h4-5,7,9H,2-3,6,8H2,1H3,(H,16,20)(H,18,19)/t9-/m1/s1. The Morgan fingerprint density at radius 2 is 2.24 bits per heavy atom. The van der Waals surface area contributed by atoms with E-state index in [0.29, 0.717) is 35.8 Å². The van der Waals surface area contributed by atoms with Crippen molar-refractivity contribution in [3.63, 3.8) is 0 Å². The fourth-order valence-electron chi connectivity index (χ4n) is 2.28. The molecule has 1 aromatic rings. The van der Waals surface area contributed by atoms with Crippen molar-refractivity contribution in [3.8, 4) is 5.75 Å². The van der Waals surface area contributed by atoms with Gasteiger partial charge in [0.1, 0.15) is 5.75 Å². The number of methoxy groups -OCH3 is 1. The number of halogens is 1. The highest BCUT2D eigenvalue weighted by Gasteiger charge is 2.28. The highest BCUT2D eigenvalue weighted by molar-refractivity contribution is 6.33. The van der Waals surface area contributed by atoms with Gasteiger partial charge in [-0.3, -0.25) is 4.79 Å². The van der Waals surface area contributed by atoms with E-state index in [-0.39, 0.29) is 12.6 Å². The number of benzene rings is 1. The summed E-state index contributed by atoms with van der Waals surface area (Å²) in [5, 5.41) is 12.1. The van der Waals surface area contributed by atoms with Gasteiger partial charge in [-0.05, 0) is 25.0 Å². The van der Waals surface area contributed by atoms with Crippen LogP contribution in [0.1, 0.15) is 12.8 Å². The summed E-state index contributed by atoms with van der Waals surface area (Å²) in [6.45, 7) is 0.750. The summed E-state index contributed by atoms with van der Waals surface area (Å²) < 4.78 is 5.08. The number of carboxylic acid groups (broad SMARTS) is 1. The minimum Gasteiger partial charge on any atom is -0.497 e. The molecule has 1 aliphatic heterocycles. The van der Waals surface area contributed by atoms with Crippen LogP contribution in [0.3, 0.4) is 0 Å². The molecule has 1 aliphatic rings. The molecule has 2 N–H and O–H groups in total. The van der Waals surface area contributed by atoms with Crippen molar-refractivity contribution in [1.29, 1.82) is 0 Å². The minimum atomic E-state index is -0.869. The Morgan fingerprint density at radius 3 is 2.90 bits per heavy atom. The van der Waals surface area contributed by atoms with Crippen LogP contribution in [0.5, 0.6) is 5.75 Å². The quantitative estimate of drug-likeness (QED) is 0.899. The topological polar surface area (TPSA) is 78.9 Å². The number of carboxylic acids is 1. The molecule has 7 heteroatoms. The third-order valence-corrected chi connectivity index (χ3v) is 3.80. The Balaban J connectivity index is 2.05. The molecule has 1 fully saturated rings. The minimum absolute atomic E-state index is 0.211. The lowest BCUT2D eigenvalue weighted by Crippen LogP contribution is -2.44. The SMILES string of the molecule is COc1ccc(Cl)c(NC(=O)N2CCC[C@@H](C(=O)O)C2)c1. The molecule has 2 rings (SSSR count). The highest BCUT2D eigenvalue weighted by atomic mass is 35.5. The Bertz CT molecular complexity index is 550. The van der Waals surface area contributed by atoms with Crippen LogP contribution in [0.15, 0.2) is 18.2 Å². The molecule has 1 atom stereocenters. The van der Waals surface area contributed by atoms with Crippen molar-refractivity contribution < 1.29 is 19.4 Å². The van der Waals surface area contributed by atoms with Crippen molar-refractivity contribution >= 4 is 29.3 Å². The number of nitrogens with one attached hydrogen (secondary N) is 1. The van der Waals surface area contributed by atoms with Crippen LogP contribution in [0.25, 0.3) is 0 Å². The number of ether oxygens (including phenoxy) is 1. The van der Waals surface area contributed by atoms with Gasteiger partial charge in [0.05, 0.1) is 23.7 Å². The number of hydrogen-bond acceptors (Lipinski definition) is 3. The molecule has 0 aliphatic carbocycles. The molecule has 1 heterocycles. The Labute approximate surface area is 127 Å². The molecular formula is C14H17ClN2O4. The van der Waals surface area contributed by atoms with E-state index in [1.165, 1.54) is 12.0 Å². The number of likely N-dealkylation sites (tertiary alicyclic amines) is 1. The molecule has 0 spiro atoms. The Hall–Kier alpha value is -1.95. The van der Waals surface area contributed by atoms with Crippen molar-refractivity contribution in [2.75, 3.05) is 25.5 Å². The molecule has 21 heavy (non-hydrogen) atoms. The normalized spacial score (nSPS) is 18.2. The molecule has 114 valence electrons. The van der Waals surface area contributed by atoms with Crippen LogP contribution in [-0.4, -0.2) is 42.2 Å². The van der Waals surface area contributed by atoms with Gasteiger partial charge in [0, 0.05) is 19.2 Å². The molecule has 0 saturated carbocycles. The molecular weight excluding hydrogens is 296 g/mol. The summed E-state index contributed by atoms with van der Waals surface area (Å²) in [6, 6.07) is 4.60. The second kappa shape index (κ2) is 6.67. The summed E-state index contributed by atoms with van der Waals surface area (Å²) in [4.78, 5) is 24.7. The van der Waals surface area contributed by atoms with Crippen molar-refractivity contribution in [1.82, 2.24) is 4.90 Å². The van der Waals surface area contributed by atoms with Crippen LogP contribution in [0.4, 0.5) is 10.5 Å². The average Bonchev–Trinajstić information content (AvgIpc) is 2.49. The van der Waals surface area contributed by atoms with Crippen LogP contribution in [0.2, 0.25) is 5.02 Å². The van der Waals surface area contributed by atoms with E-state index in [2.05, 4.69) is 5.32 Å². The van der Waals surface area contributed by atoms with Gasteiger partial charge in [0.25, 0.3) is 0 Å². The largest absolute Gasteiger partial charge is 0.497 e. The lowest BCUT2D eigenvalue weighted by Gasteiger charge is -2.30. The lowest BCUT2D eigenvalue weighted by atomic mass is 9.99. The molecule has 2 amide bonds. The average molecular weight is 313 g/mol. The van der Waals surface area contributed by atoms with Gasteiger partial charge in [0.2, 0.25) is 0 Å². The van der Waals surface area contributed by atoms with Crippen LogP contribution in [-0.2, 0) is 4.79 Å². The zero-order valence-corrected chi connectivity index (χ0v) is 12.4. The first kappa shape index (κ1) is 15.4. The summed E-state index contributed by atoms with van der Waals surface area (Å²) in [7, 11) is 1.52. The number of hydrogen-bond donors (Lipinski definition) is 2. The fourth-order valence-corrected chi connectivity index (χ4v) is 2.45. The number of rotatable bonds is 3. The fraction of sp³-hybridized carbons (Fsp3) is 0.429. The van der Waals surface area contributed by atoms with Crippen molar-refractivity contribution in [2.24, 2.45) is 5.92 Å². The van der Waals surface area contributed by atoms with Crippen molar-refractivity contribution in [3.05, 3.63) is 23.2 Å². The van der Waals surface area contributed by atoms with Gasteiger partial charge in [0.15, 0.2) is 0 Å². The Morgan fingerprint density at radius 1 is 1.48 bits per heavy atom. The van der Waals surface area contributed by atoms with E-state index in [9.17, 15) is 9.59 Å². The summed E-state index contributed by atoms with van der Waals surface area (Å²) in [5.41, 5.74) is 0.443. The van der Waals surface area contributed by atoms with E-state index in [1.54, 1.807) is 18.2 Å². The second-order valence-corrected chi connectivity index (χ2v) is 5.31. The monoisotopic (exact) mass is 312 g/mol. The first-order valence-electron chi connectivity index (χ1n) is 6.63. The van der Waals surface area contributed by atoms with E-state index >= 15 is 0 Å². The third-order valence-electron chi connectivity index (χ3n) is 3.47. The number of carbonyl (C=O) groups excluding carboxylic acids is 1. The number of piperidine rings is 1. The maximum absolute atomic E-state index is 12.2. The molecule has 1 saturated heterocycles. The summed E-state index contributed by atoms with van der Waals surface area (Å²) in [6.07, 6.45) is 1.27. The van der Waals surface area contributed by atoms with Gasteiger partial charge >= 0.3 is 12.0 Å². The second-order valence-electron chi connectivity index (χ2n) is 4.90. The van der Waals surface area contributed by atoms with E-state index in [1.807, 2.05) is 0 Å². The predicted molar refractivity (Wildman–Crippen MR) is 79.0 cm³/mol. The van der Waals surface area contributed by atoms with Gasteiger partial charge in [-0.1, -0.05) is 11.6 Å². The number of amides is 2. The number of nitrogens with zero attached hydrogens (tertiary/aromatic N) is 1. The van der Waals surface area contributed by atoms with Crippen LogP contribution >= 0.6 is 11.6 Å². The third kappa shape index (κ3) is 3.78.